The summed E-state index contributed by atoms with van der Waals surface area (Å²) in [7, 11) is 0. The number of hydrogen-bond donors (Lipinski definition) is 0. The number of allylic oxidation sites excluding steroid dienone is 1. The van der Waals surface area contributed by atoms with E-state index < -0.39 is 4.92 Å². The highest BCUT2D eigenvalue weighted by Crippen LogP contribution is 2.28. The first kappa shape index (κ1) is 16.5. The molecule has 0 amide bonds. The van der Waals surface area contributed by atoms with Gasteiger partial charge in [-0.15, -0.1) is 0 Å². The van der Waals surface area contributed by atoms with Gasteiger partial charge in [-0.05, 0) is 36.4 Å². The Morgan fingerprint density at radius 3 is 2.48 bits per heavy atom. The van der Waals surface area contributed by atoms with Gasteiger partial charge in [0, 0.05) is 28.3 Å². The lowest BCUT2D eigenvalue weighted by Gasteiger charge is -2.01. The van der Waals surface area contributed by atoms with Crippen molar-refractivity contribution in [2.24, 2.45) is 0 Å². The molecule has 2 aromatic carbocycles. The molecule has 3 rings (SSSR count). The maximum absolute atomic E-state index is 10.7. The summed E-state index contributed by atoms with van der Waals surface area (Å²) in [6, 6.07) is 18.7. The molecular formula is C19H11ClN2O3. The molecule has 0 saturated heterocycles. The zero-order valence-corrected chi connectivity index (χ0v) is 13.6. The Labute approximate surface area is 148 Å². The number of benzene rings is 2. The SMILES string of the molecule is N#CC(=Cc1ccc(-c2ccc([N+](=O)[O-])cc2)o1)c1ccccc1Cl. The Bertz CT molecular complexity index is 998. The van der Waals surface area contributed by atoms with Crippen LogP contribution < -0.4 is 0 Å². The third-order valence-corrected chi connectivity index (χ3v) is 3.89. The molecule has 6 heteroatoms. The summed E-state index contributed by atoms with van der Waals surface area (Å²) >= 11 is 6.13. The fraction of sp³-hybridized carbons (Fsp3) is 0. The highest BCUT2D eigenvalue weighted by molar-refractivity contribution is 6.32. The van der Waals surface area contributed by atoms with Crippen molar-refractivity contribution >= 4 is 28.9 Å². The summed E-state index contributed by atoms with van der Waals surface area (Å²) in [5.41, 5.74) is 1.73. The maximum atomic E-state index is 10.7. The highest BCUT2D eigenvalue weighted by atomic mass is 35.5. The molecule has 1 heterocycles. The number of nitriles is 1. The second-order valence-corrected chi connectivity index (χ2v) is 5.56. The van der Waals surface area contributed by atoms with Gasteiger partial charge in [-0.1, -0.05) is 29.8 Å². The number of nitro benzene ring substituents is 1. The second kappa shape index (κ2) is 7.04. The van der Waals surface area contributed by atoms with E-state index in [4.69, 9.17) is 16.0 Å². The molecule has 0 spiro atoms. The fourth-order valence-electron chi connectivity index (χ4n) is 2.33. The molecule has 0 radical (unpaired) electrons. The van der Waals surface area contributed by atoms with Crippen LogP contribution in [0.1, 0.15) is 11.3 Å². The average molecular weight is 351 g/mol. The zero-order chi connectivity index (χ0) is 17.8. The van der Waals surface area contributed by atoms with Crippen molar-refractivity contribution in [3.8, 4) is 17.4 Å². The fourth-order valence-corrected chi connectivity index (χ4v) is 2.56. The summed E-state index contributed by atoms with van der Waals surface area (Å²) in [5, 5.41) is 20.6. The van der Waals surface area contributed by atoms with Gasteiger partial charge in [-0.2, -0.15) is 5.26 Å². The lowest BCUT2D eigenvalue weighted by atomic mass is 10.1. The van der Waals surface area contributed by atoms with Crippen LogP contribution in [0.25, 0.3) is 23.0 Å². The summed E-state index contributed by atoms with van der Waals surface area (Å²) < 4.78 is 5.72. The Balaban J connectivity index is 1.92. The van der Waals surface area contributed by atoms with Crippen molar-refractivity contribution in [3.05, 3.63) is 87.1 Å². The summed E-state index contributed by atoms with van der Waals surface area (Å²) in [4.78, 5) is 10.2. The number of rotatable bonds is 4. The topological polar surface area (TPSA) is 80.1 Å². The number of halogens is 1. The van der Waals surface area contributed by atoms with Crippen molar-refractivity contribution in [1.82, 2.24) is 0 Å². The quantitative estimate of drug-likeness (QED) is 0.350. The van der Waals surface area contributed by atoms with Crippen LogP contribution in [-0.4, -0.2) is 4.92 Å². The predicted octanol–water partition coefficient (Wildman–Crippen LogP) is 5.57. The van der Waals surface area contributed by atoms with Crippen LogP contribution in [0.4, 0.5) is 5.69 Å². The zero-order valence-electron chi connectivity index (χ0n) is 12.8. The summed E-state index contributed by atoms with van der Waals surface area (Å²) in [6.07, 6.45) is 1.61. The minimum Gasteiger partial charge on any atom is -0.457 e. The molecule has 0 unspecified atom stereocenters. The first-order valence-corrected chi connectivity index (χ1v) is 7.67. The molecule has 0 atom stereocenters. The monoisotopic (exact) mass is 350 g/mol. The molecule has 25 heavy (non-hydrogen) atoms. The lowest BCUT2D eigenvalue weighted by Crippen LogP contribution is -1.86. The molecule has 1 aromatic heterocycles. The van der Waals surface area contributed by atoms with Gasteiger partial charge < -0.3 is 4.42 Å². The molecule has 0 fully saturated rings. The number of hydrogen-bond acceptors (Lipinski definition) is 4. The Kier molecular flexibility index (Phi) is 4.64. The molecular weight excluding hydrogens is 340 g/mol. The van der Waals surface area contributed by atoms with Crippen molar-refractivity contribution in [3.63, 3.8) is 0 Å². The summed E-state index contributed by atoms with van der Waals surface area (Å²) in [6.45, 7) is 0. The number of nitro groups is 1. The van der Waals surface area contributed by atoms with Crippen LogP contribution in [-0.2, 0) is 0 Å². The maximum Gasteiger partial charge on any atom is 0.269 e. The van der Waals surface area contributed by atoms with E-state index >= 15 is 0 Å². The van der Waals surface area contributed by atoms with Gasteiger partial charge in [-0.3, -0.25) is 10.1 Å². The van der Waals surface area contributed by atoms with E-state index in [9.17, 15) is 15.4 Å². The van der Waals surface area contributed by atoms with E-state index in [0.717, 1.165) is 0 Å². The van der Waals surface area contributed by atoms with Crippen molar-refractivity contribution in [2.45, 2.75) is 0 Å². The van der Waals surface area contributed by atoms with Gasteiger partial charge in [0.2, 0.25) is 0 Å². The molecule has 0 aliphatic carbocycles. The molecule has 5 nitrogen and oxygen atoms in total. The Morgan fingerprint density at radius 2 is 1.84 bits per heavy atom. The first-order valence-electron chi connectivity index (χ1n) is 7.30. The molecule has 122 valence electrons. The van der Waals surface area contributed by atoms with Crippen LogP contribution in [0.3, 0.4) is 0 Å². The molecule has 0 aliphatic heterocycles. The van der Waals surface area contributed by atoms with E-state index in [1.54, 1.807) is 54.6 Å². The van der Waals surface area contributed by atoms with Gasteiger partial charge in [0.05, 0.1) is 16.6 Å². The van der Waals surface area contributed by atoms with Gasteiger partial charge in [0.15, 0.2) is 0 Å². The van der Waals surface area contributed by atoms with Gasteiger partial charge in [0.25, 0.3) is 5.69 Å². The molecule has 0 aliphatic rings. The average Bonchev–Trinajstić information content (AvgIpc) is 3.09. The largest absolute Gasteiger partial charge is 0.457 e. The normalized spacial score (nSPS) is 11.1. The second-order valence-electron chi connectivity index (χ2n) is 5.16. The number of nitrogens with zero attached hydrogens (tertiary/aromatic N) is 2. The van der Waals surface area contributed by atoms with E-state index in [1.807, 2.05) is 0 Å². The molecule has 3 aromatic rings. The van der Waals surface area contributed by atoms with Crippen LogP contribution in [0, 0.1) is 21.4 Å². The molecule has 0 N–H and O–H groups in total. The van der Waals surface area contributed by atoms with Crippen LogP contribution >= 0.6 is 11.6 Å². The van der Waals surface area contributed by atoms with E-state index in [1.165, 1.54) is 12.1 Å². The minimum absolute atomic E-state index is 0.0147. The van der Waals surface area contributed by atoms with Crippen molar-refractivity contribution in [2.75, 3.05) is 0 Å². The van der Waals surface area contributed by atoms with Crippen LogP contribution in [0.15, 0.2) is 65.1 Å². The van der Waals surface area contributed by atoms with Crippen LogP contribution in [0.2, 0.25) is 5.02 Å². The van der Waals surface area contributed by atoms with E-state index in [2.05, 4.69) is 6.07 Å². The third kappa shape index (κ3) is 3.60. The number of non-ortho nitro benzene ring substituents is 1. The Morgan fingerprint density at radius 1 is 1.12 bits per heavy atom. The van der Waals surface area contributed by atoms with Gasteiger partial charge >= 0.3 is 0 Å². The lowest BCUT2D eigenvalue weighted by molar-refractivity contribution is -0.384. The van der Waals surface area contributed by atoms with Crippen molar-refractivity contribution in [1.29, 1.82) is 5.26 Å². The van der Waals surface area contributed by atoms with E-state index in [-0.39, 0.29) is 5.69 Å². The van der Waals surface area contributed by atoms with Gasteiger partial charge in [0.1, 0.15) is 11.5 Å². The smallest absolute Gasteiger partial charge is 0.269 e. The van der Waals surface area contributed by atoms with Crippen molar-refractivity contribution < 1.29 is 9.34 Å². The van der Waals surface area contributed by atoms with E-state index in [0.29, 0.717) is 33.2 Å². The Hall–Kier alpha value is -3.36. The molecule has 0 saturated carbocycles. The molecule has 0 bridgehead atoms. The first-order chi connectivity index (χ1) is 12.1. The van der Waals surface area contributed by atoms with Crippen LogP contribution in [0.5, 0.6) is 0 Å². The standard InChI is InChI=1S/C19H11ClN2O3/c20-18-4-2-1-3-17(18)14(12-21)11-16-9-10-19(25-16)13-5-7-15(8-6-13)22(23)24/h1-11H. The minimum atomic E-state index is -0.455. The highest BCUT2D eigenvalue weighted by Gasteiger charge is 2.10. The number of furan rings is 1. The third-order valence-electron chi connectivity index (χ3n) is 3.56. The summed E-state index contributed by atoms with van der Waals surface area (Å²) in [5.74, 6) is 1.04. The predicted molar refractivity (Wildman–Crippen MR) is 95.7 cm³/mol. The van der Waals surface area contributed by atoms with Gasteiger partial charge in [-0.25, -0.2) is 0 Å².